The minimum atomic E-state index is -1.04. The summed E-state index contributed by atoms with van der Waals surface area (Å²) < 4.78 is 5.49. The molecule has 2 N–H and O–H groups in total. The lowest BCUT2D eigenvalue weighted by molar-refractivity contribution is -0.154. The number of carbonyl (C=O) groups is 3. The molecule has 3 rings (SSSR count). The zero-order chi connectivity index (χ0) is 18.8. The monoisotopic (exact) mass is 358 g/mol. The topological polar surface area (TPSA) is 99.9 Å². The van der Waals surface area contributed by atoms with Crippen LogP contribution in [0.3, 0.4) is 0 Å². The highest BCUT2D eigenvalue weighted by Crippen LogP contribution is 2.26. The molecule has 1 aliphatic heterocycles. The molecule has 2 atom stereocenters. The number of carboxylic acid groups (broad SMARTS) is 1. The Hall–Kier alpha value is -2.83. The number of nitrogens with one attached hydrogen (secondary N) is 1. The van der Waals surface area contributed by atoms with E-state index in [9.17, 15) is 19.5 Å². The van der Waals surface area contributed by atoms with Gasteiger partial charge in [-0.15, -0.1) is 0 Å². The minimum absolute atomic E-state index is 0.0424. The van der Waals surface area contributed by atoms with Crippen molar-refractivity contribution < 1.29 is 23.9 Å². The van der Waals surface area contributed by atoms with Gasteiger partial charge in [0.05, 0.1) is 18.6 Å². The van der Waals surface area contributed by atoms with Gasteiger partial charge in [0.2, 0.25) is 11.8 Å². The average Bonchev–Trinajstić information content (AvgIpc) is 3.02. The number of hydrogen-bond donors (Lipinski definition) is 2. The molecule has 0 radical (unpaired) electrons. The van der Waals surface area contributed by atoms with Crippen molar-refractivity contribution in [3.05, 3.63) is 35.6 Å². The molecule has 1 fully saturated rings. The molecule has 7 heteroatoms. The predicted molar refractivity (Wildman–Crippen MR) is 94.6 cm³/mol. The smallest absolute Gasteiger partial charge is 0.326 e. The molecular formula is C19H22N2O5. The lowest BCUT2D eigenvalue weighted by Gasteiger charge is -2.36. The molecule has 1 aliphatic rings. The maximum Gasteiger partial charge on any atom is 0.326 e. The van der Waals surface area contributed by atoms with Crippen LogP contribution in [-0.4, -0.2) is 47.4 Å². The van der Waals surface area contributed by atoms with E-state index in [1.165, 1.54) is 18.2 Å². The van der Waals surface area contributed by atoms with Gasteiger partial charge in [-0.25, -0.2) is 4.79 Å². The molecule has 2 heterocycles. The van der Waals surface area contributed by atoms with Crippen LogP contribution >= 0.6 is 0 Å². The van der Waals surface area contributed by atoms with Crippen molar-refractivity contribution in [2.45, 2.75) is 32.2 Å². The maximum absolute atomic E-state index is 12.9. The Morgan fingerprint density at radius 1 is 1.31 bits per heavy atom. The zero-order valence-electron chi connectivity index (χ0n) is 14.8. The number of carboxylic acids is 1. The molecule has 1 aromatic heterocycles. The van der Waals surface area contributed by atoms with E-state index in [0.29, 0.717) is 12.0 Å². The fourth-order valence-corrected chi connectivity index (χ4v) is 3.52. The average molecular weight is 358 g/mol. The van der Waals surface area contributed by atoms with Gasteiger partial charge in [-0.2, -0.15) is 0 Å². The Morgan fingerprint density at radius 2 is 2.08 bits per heavy atom. The van der Waals surface area contributed by atoms with Crippen molar-refractivity contribution in [2.24, 2.45) is 5.92 Å². The molecule has 7 nitrogen and oxygen atoms in total. The Kier molecular flexibility index (Phi) is 4.97. The van der Waals surface area contributed by atoms with Crippen LogP contribution in [0.25, 0.3) is 11.0 Å². The van der Waals surface area contributed by atoms with Gasteiger partial charge >= 0.3 is 5.97 Å². The summed E-state index contributed by atoms with van der Waals surface area (Å²) in [4.78, 5) is 37.7. The number of nitrogens with zero attached hydrogens (tertiary/aromatic N) is 1. The summed E-state index contributed by atoms with van der Waals surface area (Å²) in [5, 5.41) is 12.9. The number of aryl methyl sites for hydroxylation is 1. The second-order valence-corrected chi connectivity index (χ2v) is 6.73. The van der Waals surface area contributed by atoms with E-state index in [1.807, 2.05) is 25.1 Å². The minimum Gasteiger partial charge on any atom is -0.480 e. The van der Waals surface area contributed by atoms with Crippen LogP contribution < -0.4 is 5.32 Å². The van der Waals surface area contributed by atoms with E-state index in [1.54, 1.807) is 0 Å². The molecular weight excluding hydrogens is 336 g/mol. The summed E-state index contributed by atoms with van der Waals surface area (Å²) in [5.74, 6) is -1.91. The highest BCUT2D eigenvalue weighted by Gasteiger charge is 2.38. The van der Waals surface area contributed by atoms with Crippen LogP contribution in [0, 0.1) is 12.8 Å². The third-order valence-corrected chi connectivity index (χ3v) is 4.96. The standard InChI is InChI=1S/C19H22N2O5/c1-11-3-6-16-14(7-11)13(10-26-16)8-17(22)21-9-12(18(23)20-2)4-5-15(21)19(24)25/h3,6-7,10,12,15H,4-5,8-9H2,1-2H3,(H,20,23)(H,24,25)/t12-,15-/m0/s1. The largest absolute Gasteiger partial charge is 0.480 e. The molecule has 0 spiro atoms. The first-order valence-corrected chi connectivity index (χ1v) is 8.61. The highest BCUT2D eigenvalue weighted by atomic mass is 16.4. The molecule has 1 saturated heterocycles. The third-order valence-electron chi connectivity index (χ3n) is 4.96. The van der Waals surface area contributed by atoms with E-state index in [-0.39, 0.29) is 37.1 Å². The Balaban J connectivity index is 1.83. The Bertz CT molecular complexity index is 857. The predicted octanol–water partition coefficient (Wildman–Crippen LogP) is 1.72. The van der Waals surface area contributed by atoms with Crippen LogP contribution in [0.2, 0.25) is 0 Å². The molecule has 0 unspecified atom stereocenters. The molecule has 1 aromatic carbocycles. The molecule has 2 aromatic rings. The molecule has 26 heavy (non-hydrogen) atoms. The van der Waals surface area contributed by atoms with Crippen LogP contribution in [0.1, 0.15) is 24.0 Å². The number of amides is 2. The number of benzene rings is 1. The highest BCUT2D eigenvalue weighted by molar-refractivity contribution is 5.91. The first-order valence-electron chi connectivity index (χ1n) is 8.61. The van der Waals surface area contributed by atoms with E-state index < -0.39 is 12.0 Å². The number of piperidine rings is 1. The van der Waals surface area contributed by atoms with Crippen molar-refractivity contribution >= 4 is 28.8 Å². The summed E-state index contributed by atoms with van der Waals surface area (Å²) in [6, 6.07) is 4.82. The van der Waals surface area contributed by atoms with E-state index >= 15 is 0 Å². The number of aliphatic carboxylic acids is 1. The van der Waals surface area contributed by atoms with Crippen molar-refractivity contribution in [1.29, 1.82) is 0 Å². The SMILES string of the molecule is CNC(=O)[C@H]1CC[C@@H](C(=O)O)N(C(=O)Cc2coc3ccc(C)cc23)C1. The first kappa shape index (κ1) is 18.0. The lowest BCUT2D eigenvalue weighted by Crippen LogP contribution is -2.53. The maximum atomic E-state index is 12.9. The normalized spacial score (nSPS) is 20.2. The van der Waals surface area contributed by atoms with Crippen molar-refractivity contribution in [3.63, 3.8) is 0 Å². The number of hydrogen-bond acceptors (Lipinski definition) is 4. The summed E-state index contributed by atoms with van der Waals surface area (Å²) in [7, 11) is 1.54. The van der Waals surface area contributed by atoms with Crippen molar-refractivity contribution in [3.8, 4) is 0 Å². The van der Waals surface area contributed by atoms with Gasteiger partial charge in [-0.1, -0.05) is 11.6 Å². The summed E-state index contributed by atoms with van der Waals surface area (Å²) in [6.07, 6.45) is 2.30. The quantitative estimate of drug-likeness (QED) is 0.867. The van der Waals surface area contributed by atoms with Crippen LogP contribution in [0.15, 0.2) is 28.9 Å². The molecule has 0 bridgehead atoms. The van der Waals surface area contributed by atoms with Crippen LogP contribution in [0.5, 0.6) is 0 Å². The summed E-state index contributed by atoms with van der Waals surface area (Å²) in [5.41, 5.74) is 2.46. The molecule has 138 valence electrons. The van der Waals surface area contributed by atoms with Gasteiger partial charge in [-0.3, -0.25) is 9.59 Å². The van der Waals surface area contributed by atoms with Crippen molar-refractivity contribution in [1.82, 2.24) is 10.2 Å². The second-order valence-electron chi connectivity index (χ2n) is 6.73. The number of carbonyl (C=O) groups excluding carboxylic acids is 2. The second kappa shape index (κ2) is 7.19. The van der Waals surface area contributed by atoms with Gasteiger partial charge in [0.25, 0.3) is 0 Å². The number of furan rings is 1. The molecule has 2 amide bonds. The third kappa shape index (κ3) is 3.42. The fraction of sp³-hybridized carbons (Fsp3) is 0.421. The van der Waals surface area contributed by atoms with Gasteiger partial charge in [-0.05, 0) is 31.9 Å². The number of rotatable bonds is 4. The van der Waals surface area contributed by atoms with E-state index in [2.05, 4.69) is 5.32 Å². The number of likely N-dealkylation sites (tertiary alicyclic amines) is 1. The van der Waals surface area contributed by atoms with Crippen LogP contribution in [0.4, 0.5) is 0 Å². The van der Waals surface area contributed by atoms with Gasteiger partial charge < -0.3 is 19.7 Å². The fourth-order valence-electron chi connectivity index (χ4n) is 3.52. The molecule has 0 aliphatic carbocycles. The lowest BCUT2D eigenvalue weighted by atomic mass is 9.91. The van der Waals surface area contributed by atoms with Crippen LogP contribution in [-0.2, 0) is 20.8 Å². The Morgan fingerprint density at radius 3 is 2.77 bits per heavy atom. The van der Waals surface area contributed by atoms with E-state index in [4.69, 9.17) is 4.42 Å². The zero-order valence-corrected chi connectivity index (χ0v) is 14.8. The Labute approximate surface area is 151 Å². The van der Waals surface area contributed by atoms with Gasteiger partial charge in [0.1, 0.15) is 11.6 Å². The van der Waals surface area contributed by atoms with Crippen molar-refractivity contribution in [2.75, 3.05) is 13.6 Å². The van der Waals surface area contributed by atoms with Gasteiger partial charge in [0.15, 0.2) is 0 Å². The van der Waals surface area contributed by atoms with Gasteiger partial charge in [0, 0.05) is 24.5 Å². The summed E-state index contributed by atoms with van der Waals surface area (Å²) in [6.45, 7) is 2.07. The molecule has 0 saturated carbocycles. The first-order chi connectivity index (χ1) is 12.4. The summed E-state index contributed by atoms with van der Waals surface area (Å²) >= 11 is 0. The van der Waals surface area contributed by atoms with E-state index in [0.717, 1.165) is 16.5 Å². The number of fused-ring (bicyclic) bond motifs is 1.